The maximum atomic E-state index is 5.90. The van der Waals surface area contributed by atoms with E-state index >= 15 is 0 Å². The molecule has 0 amide bonds. The fourth-order valence-corrected chi connectivity index (χ4v) is 2.38. The van der Waals surface area contributed by atoms with Gasteiger partial charge in [-0.15, -0.1) is 0 Å². The van der Waals surface area contributed by atoms with Gasteiger partial charge >= 0.3 is 0 Å². The van der Waals surface area contributed by atoms with Crippen molar-refractivity contribution in [3.05, 3.63) is 35.4 Å². The molecular weight excluding hydrogens is 238 g/mol. The highest BCUT2D eigenvalue weighted by Crippen LogP contribution is 2.16. The zero-order chi connectivity index (χ0) is 13.3. The maximum Gasteiger partial charge on any atom is 0.0720 e. The van der Waals surface area contributed by atoms with Crippen molar-refractivity contribution in [1.82, 2.24) is 5.32 Å². The molecule has 1 aromatic carbocycles. The average Bonchev–Trinajstić information content (AvgIpc) is 2.47. The number of ether oxygens (including phenoxy) is 2. The molecule has 0 saturated carbocycles. The molecule has 1 aromatic rings. The minimum atomic E-state index is 0.676. The number of hydrogen-bond donors (Lipinski definition) is 1. The first kappa shape index (κ1) is 14.5. The molecule has 0 radical (unpaired) electrons. The Bertz CT molecular complexity index is 362. The smallest absolute Gasteiger partial charge is 0.0720 e. The molecule has 0 aliphatic carbocycles. The van der Waals surface area contributed by atoms with Crippen molar-refractivity contribution in [2.75, 3.05) is 26.4 Å². The minimum absolute atomic E-state index is 0.676. The summed E-state index contributed by atoms with van der Waals surface area (Å²) in [7, 11) is 0. The van der Waals surface area contributed by atoms with E-state index in [0.717, 1.165) is 52.4 Å². The van der Waals surface area contributed by atoms with Crippen LogP contribution in [-0.2, 0) is 22.6 Å². The maximum absolute atomic E-state index is 5.90. The first-order valence-electron chi connectivity index (χ1n) is 7.33. The van der Waals surface area contributed by atoms with Gasteiger partial charge in [0, 0.05) is 19.8 Å². The molecule has 3 heteroatoms. The Balaban J connectivity index is 1.77. The molecule has 19 heavy (non-hydrogen) atoms. The number of nitrogens with one attached hydrogen (secondary N) is 1. The fourth-order valence-electron chi connectivity index (χ4n) is 2.38. The van der Waals surface area contributed by atoms with Crippen molar-refractivity contribution in [3.63, 3.8) is 0 Å². The summed E-state index contributed by atoms with van der Waals surface area (Å²) in [6, 6.07) is 8.52. The zero-order valence-electron chi connectivity index (χ0n) is 11.9. The Kier molecular flexibility index (Phi) is 6.34. The van der Waals surface area contributed by atoms with Crippen LogP contribution < -0.4 is 5.32 Å². The van der Waals surface area contributed by atoms with E-state index in [-0.39, 0.29) is 0 Å². The summed E-state index contributed by atoms with van der Waals surface area (Å²) in [5.41, 5.74) is 2.65. The molecule has 1 fully saturated rings. The Morgan fingerprint density at radius 2 is 1.95 bits per heavy atom. The first-order chi connectivity index (χ1) is 9.40. The van der Waals surface area contributed by atoms with E-state index in [0.29, 0.717) is 5.92 Å². The van der Waals surface area contributed by atoms with Gasteiger partial charge in [-0.25, -0.2) is 0 Å². The van der Waals surface area contributed by atoms with Gasteiger partial charge < -0.3 is 14.8 Å². The molecule has 0 bridgehead atoms. The molecule has 1 heterocycles. The van der Waals surface area contributed by atoms with Crippen LogP contribution in [0.5, 0.6) is 0 Å². The van der Waals surface area contributed by atoms with E-state index in [1.54, 1.807) is 0 Å². The van der Waals surface area contributed by atoms with Gasteiger partial charge in [0.15, 0.2) is 0 Å². The van der Waals surface area contributed by atoms with Crippen molar-refractivity contribution in [2.45, 2.75) is 32.9 Å². The van der Waals surface area contributed by atoms with Gasteiger partial charge in [0.2, 0.25) is 0 Å². The highest BCUT2D eigenvalue weighted by atomic mass is 16.5. The summed E-state index contributed by atoms with van der Waals surface area (Å²) in [5.74, 6) is 0.676. The van der Waals surface area contributed by atoms with Crippen molar-refractivity contribution in [3.8, 4) is 0 Å². The lowest BCUT2D eigenvalue weighted by molar-refractivity contribution is 0.0156. The van der Waals surface area contributed by atoms with Gasteiger partial charge in [0.25, 0.3) is 0 Å². The lowest BCUT2D eigenvalue weighted by atomic mass is 10.0. The predicted octanol–water partition coefficient (Wildman–Crippen LogP) is 2.74. The van der Waals surface area contributed by atoms with Gasteiger partial charge in [0.1, 0.15) is 0 Å². The van der Waals surface area contributed by atoms with E-state index in [2.05, 4.69) is 36.5 Å². The summed E-state index contributed by atoms with van der Waals surface area (Å²) >= 11 is 0. The van der Waals surface area contributed by atoms with Crippen LogP contribution in [-0.4, -0.2) is 26.4 Å². The van der Waals surface area contributed by atoms with E-state index in [1.165, 1.54) is 11.1 Å². The second-order valence-electron chi connectivity index (χ2n) is 5.12. The molecule has 106 valence electrons. The Morgan fingerprint density at radius 3 is 2.68 bits per heavy atom. The summed E-state index contributed by atoms with van der Waals surface area (Å²) in [4.78, 5) is 0. The van der Waals surface area contributed by atoms with Crippen LogP contribution in [0.25, 0.3) is 0 Å². The third-order valence-electron chi connectivity index (χ3n) is 3.64. The van der Waals surface area contributed by atoms with Crippen LogP contribution >= 0.6 is 0 Å². The lowest BCUT2D eigenvalue weighted by Crippen LogP contribution is -2.20. The fraction of sp³-hybridized carbons (Fsp3) is 0.625. The number of benzene rings is 1. The topological polar surface area (TPSA) is 30.5 Å². The molecule has 1 N–H and O–H groups in total. The predicted molar refractivity (Wildman–Crippen MR) is 77.0 cm³/mol. The second kappa shape index (κ2) is 8.31. The van der Waals surface area contributed by atoms with Crippen molar-refractivity contribution < 1.29 is 9.47 Å². The van der Waals surface area contributed by atoms with Crippen LogP contribution in [0.2, 0.25) is 0 Å². The number of rotatable bonds is 7. The van der Waals surface area contributed by atoms with Gasteiger partial charge in [-0.05, 0) is 36.4 Å². The summed E-state index contributed by atoms with van der Waals surface area (Å²) in [5, 5.41) is 3.37. The van der Waals surface area contributed by atoms with Gasteiger partial charge in [0.05, 0.1) is 13.2 Å². The molecule has 1 saturated heterocycles. The molecule has 0 unspecified atom stereocenters. The largest absolute Gasteiger partial charge is 0.381 e. The molecule has 3 nitrogen and oxygen atoms in total. The second-order valence-corrected chi connectivity index (χ2v) is 5.12. The van der Waals surface area contributed by atoms with Gasteiger partial charge in [-0.1, -0.05) is 31.2 Å². The summed E-state index contributed by atoms with van der Waals surface area (Å²) < 4.78 is 11.3. The first-order valence-corrected chi connectivity index (χ1v) is 7.33. The standard InChI is InChI=1S/C16H25NO2/c1-2-17-11-15-5-3-4-6-16(15)13-19-12-14-7-9-18-10-8-14/h3-6,14,17H,2,7-13H2,1H3. The number of hydrogen-bond acceptors (Lipinski definition) is 3. The summed E-state index contributed by atoms with van der Waals surface area (Å²) in [6.45, 7) is 7.42. The van der Waals surface area contributed by atoms with Gasteiger partial charge in [-0.2, -0.15) is 0 Å². The molecular formula is C16H25NO2. The van der Waals surface area contributed by atoms with E-state index in [1.807, 2.05) is 0 Å². The van der Waals surface area contributed by atoms with Gasteiger partial charge in [-0.3, -0.25) is 0 Å². The molecule has 0 aromatic heterocycles. The lowest BCUT2D eigenvalue weighted by Gasteiger charge is -2.22. The zero-order valence-corrected chi connectivity index (χ0v) is 11.9. The quantitative estimate of drug-likeness (QED) is 0.820. The van der Waals surface area contributed by atoms with Crippen LogP contribution in [0.4, 0.5) is 0 Å². The van der Waals surface area contributed by atoms with Crippen LogP contribution in [0, 0.1) is 5.92 Å². The third-order valence-corrected chi connectivity index (χ3v) is 3.64. The van der Waals surface area contributed by atoms with Crippen molar-refractivity contribution in [1.29, 1.82) is 0 Å². The molecule has 0 spiro atoms. The van der Waals surface area contributed by atoms with Crippen LogP contribution in [0.1, 0.15) is 30.9 Å². The Labute approximate surface area is 116 Å². The van der Waals surface area contributed by atoms with Crippen LogP contribution in [0.3, 0.4) is 0 Å². The van der Waals surface area contributed by atoms with Crippen LogP contribution in [0.15, 0.2) is 24.3 Å². The van der Waals surface area contributed by atoms with Crippen molar-refractivity contribution in [2.24, 2.45) is 5.92 Å². The monoisotopic (exact) mass is 263 g/mol. The Hall–Kier alpha value is -0.900. The van der Waals surface area contributed by atoms with E-state index in [4.69, 9.17) is 9.47 Å². The van der Waals surface area contributed by atoms with E-state index < -0.39 is 0 Å². The SMILES string of the molecule is CCNCc1ccccc1COCC1CCOCC1. The molecule has 2 rings (SSSR count). The molecule has 1 aliphatic heterocycles. The average molecular weight is 263 g/mol. The normalized spacial score (nSPS) is 16.7. The summed E-state index contributed by atoms with van der Waals surface area (Å²) in [6.07, 6.45) is 2.28. The minimum Gasteiger partial charge on any atom is -0.381 e. The highest BCUT2D eigenvalue weighted by molar-refractivity contribution is 5.26. The highest BCUT2D eigenvalue weighted by Gasteiger charge is 2.13. The Morgan fingerprint density at radius 1 is 1.21 bits per heavy atom. The molecule has 1 aliphatic rings. The third kappa shape index (κ3) is 4.94. The van der Waals surface area contributed by atoms with E-state index in [9.17, 15) is 0 Å². The molecule has 0 atom stereocenters. The van der Waals surface area contributed by atoms with Crippen molar-refractivity contribution >= 4 is 0 Å².